The molecule has 1 fully saturated rings. The summed E-state index contributed by atoms with van der Waals surface area (Å²) in [6.07, 6.45) is 1.87. The SMILES string of the molecule is NC(=O)c1ccc(N)cc1N1CCC(OCCO)CC1. The molecule has 1 aliphatic rings. The van der Waals surface area contributed by atoms with E-state index in [9.17, 15) is 4.79 Å². The lowest BCUT2D eigenvalue weighted by Crippen LogP contribution is -2.38. The first-order valence-corrected chi connectivity index (χ1v) is 6.78. The second-order valence-electron chi connectivity index (χ2n) is 4.92. The van der Waals surface area contributed by atoms with E-state index < -0.39 is 5.91 Å². The van der Waals surface area contributed by atoms with Crippen molar-refractivity contribution < 1.29 is 14.6 Å². The normalized spacial score (nSPS) is 16.4. The Morgan fingerprint density at radius 1 is 1.40 bits per heavy atom. The van der Waals surface area contributed by atoms with Crippen LogP contribution in [0.4, 0.5) is 11.4 Å². The predicted octanol–water partition coefficient (Wildman–Crippen LogP) is 0.345. The maximum absolute atomic E-state index is 11.5. The number of rotatable bonds is 5. The zero-order valence-corrected chi connectivity index (χ0v) is 11.4. The van der Waals surface area contributed by atoms with Crippen molar-refractivity contribution in [2.45, 2.75) is 18.9 Å². The van der Waals surface area contributed by atoms with Crippen LogP contribution in [0.25, 0.3) is 0 Å². The minimum absolute atomic E-state index is 0.0429. The van der Waals surface area contributed by atoms with E-state index in [0.29, 0.717) is 17.9 Å². The second kappa shape index (κ2) is 6.58. The average molecular weight is 279 g/mol. The topological polar surface area (TPSA) is 102 Å². The summed E-state index contributed by atoms with van der Waals surface area (Å²) in [7, 11) is 0. The van der Waals surface area contributed by atoms with Crippen LogP contribution in [0.15, 0.2) is 18.2 Å². The number of nitrogen functional groups attached to an aromatic ring is 1. The summed E-state index contributed by atoms with van der Waals surface area (Å²) >= 11 is 0. The summed E-state index contributed by atoms with van der Waals surface area (Å²) in [6.45, 7) is 1.97. The van der Waals surface area contributed by atoms with Crippen LogP contribution in [0, 0.1) is 0 Å². The summed E-state index contributed by atoms with van der Waals surface area (Å²) in [5.74, 6) is -0.446. The van der Waals surface area contributed by atoms with Crippen LogP contribution in [0.2, 0.25) is 0 Å². The molecular weight excluding hydrogens is 258 g/mol. The fourth-order valence-electron chi connectivity index (χ4n) is 2.50. The van der Waals surface area contributed by atoms with Gasteiger partial charge in [0.05, 0.1) is 30.6 Å². The zero-order chi connectivity index (χ0) is 14.5. The molecule has 1 aliphatic heterocycles. The number of benzene rings is 1. The number of primary amides is 1. The largest absolute Gasteiger partial charge is 0.399 e. The molecule has 1 aromatic rings. The molecule has 0 bridgehead atoms. The van der Waals surface area contributed by atoms with Crippen molar-refractivity contribution in [1.82, 2.24) is 0 Å². The van der Waals surface area contributed by atoms with E-state index in [-0.39, 0.29) is 12.7 Å². The molecule has 6 nitrogen and oxygen atoms in total. The Morgan fingerprint density at radius 3 is 2.70 bits per heavy atom. The monoisotopic (exact) mass is 279 g/mol. The van der Waals surface area contributed by atoms with Crippen LogP contribution in [0.3, 0.4) is 0 Å². The third-order valence-corrected chi connectivity index (χ3v) is 3.51. The highest BCUT2D eigenvalue weighted by Gasteiger charge is 2.22. The molecule has 0 aliphatic carbocycles. The number of anilines is 2. The lowest BCUT2D eigenvalue weighted by atomic mass is 10.0. The summed E-state index contributed by atoms with van der Waals surface area (Å²) in [5, 5.41) is 8.75. The summed E-state index contributed by atoms with van der Waals surface area (Å²) in [6, 6.07) is 5.14. The summed E-state index contributed by atoms with van der Waals surface area (Å²) < 4.78 is 5.52. The molecule has 1 aromatic carbocycles. The van der Waals surface area contributed by atoms with Crippen LogP contribution in [0.1, 0.15) is 23.2 Å². The van der Waals surface area contributed by atoms with Gasteiger partial charge in [0.15, 0.2) is 0 Å². The van der Waals surface area contributed by atoms with E-state index in [2.05, 4.69) is 4.90 Å². The fourth-order valence-corrected chi connectivity index (χ4v) is 2.50. The standard InChI is InChI=1S/C14H21N3O3/c15-10-1-2-12(14(16)19)13(9-10)17-5-3-11(4-6-17)20-8-7-18/h1-2,9,11,18H,3-8,15H2,(H2,16,19). The average Bonchev–Trinajstić information content (AvgIpc) is 2.45. The maximum Gasteiger partial charge on any atom is 0.250 e. The first-order valence-electron chi connectivity index (χ1n) is 6.78. The molecule has 0 spiro atoms. The molecule has 5 N–H and O–H groups in total. The Bertz CT molecular complexity index is 471. The molecular formula is C14H21N3O3. The molecule has 0 aromatic heterocycles. The first kappa shape index (κ1) is 14.6. The molecule has 110 valence electrons. The van der Waals surface area contributed by atoms with Gasteiger partial charge in [-0.1, -0.05) is 0 Å². The lowest BCUT2D eigenvalue weighted by molar-refractivity contribution is 0.0159. The highest BCUT2D eigenvalue weighted by atomic mass is 16.5. The number of aliphatic hydroxyl groups excluding tert-OH is 1. The molecule has 1 amide bonds. The van der Waals surface area contributed by atoms with Crippen LogP contribution in [-0.4, -0.2) is 43.4 Å². The van der Waals surface area contributed by atoms with Gasteiger partial charge in [-0.3, -0.25) is 4.79 Å². The third-order valence-electron chi connectivity index (χ3n) is 3.51. The second-order valence-corrected chi connectivity index (χ2v) is 4.92. The number of nitrogens with two attached hydrogens (primary N) is 2. The lowest BCUT2D eigenvalue weighted by Gasteiger charge is -2.34. The Labute approximate surface area is 118 Å². The number of hydrogen-bond acceptors (Lipinski definition) is 5. The smallest absolute Gasteiger partial charge is 0.250 e. The van der Waals surface area contributed by atoms with Crippen molar-refractivity contribution in [1.29, 1.82) is 0 Å². The molecule has 0 unspecified atom stereocenters. The molecule has 20 heavy (non-hydrogen) atoms. The Balaban J connectivity index is 2.06. The molecule has 1 heterocycles. The van der Waals surface area contributed by atoms with Crippen molar-refractivity contribution in [3.8, 4) is 0 Å². The predicted molar refractivity (Wildman–Crippen MR) is 77.6 cm³/mol. The van der Waals surface area contributed by atoms with Gasteiger partial charge in [0.1, 0.15) is 0 Å². The van der Waals surface area contributed by atoms with Gasteiger partial charge in [-0.2, -0.15) is 0 Å². The van der Waals surface area contributed by atoms with E-state index in [1.807, 2.05) is 0 Å². The van der Waals surface area contributed by atoms with E-state index in [1.54, 1.807) is 18.2 Å². The van der Waals surface area contributed by atoms with E-state index >= 15 is 0 Å². The van der Waals surface area contributed by atoms with Crippen molar-refractivity contribution >= 4 is 17.3 Å². The fraction of sp³-hybridized carbons (Fsp3) is 0.500. The van der Waals surface area contributed by atoms with E-state index in [0.717, 1.165) is 31.6 Å². The number of ether oxygens (including phenoxy) is 1. The highest BCUT2D eigenvalue weighted by Crippen LogP contribution is 2.27. The number of piperidine rings is 1. The molecule has 6 heteroatoms. The molecule has 0 saturated carbocycles. The van der Waals surface area contributed by atoms with Crippen molar-refractivity contribution in [3.63, 3.8) is 0 Å². The minimum Gasteiger partial charge on any atom is -0.399 e. The zero-order valence-electron chi connectivity index (χ0n) is 11.4. The molecule has 0 radical (unpaired) electrons. The number of carbonyl (C=O) groups excluding carboxylic acids is 1. The van der Waals surface area contributed by atoms with E-state index in [4.69, 9.17) is 21.3 Å². The minimum atomic E-state index is -0.446. The summed E-state index contributed by atoms with van der Waals surface area (Å²) in [4.78, 5) is 13.6. The van der Waals surface area contributed by atoms with Crippen LogP contribution in [0.5, 0.6) is 0 Å². The van der Waals surface area contributed by atoms with Crippen LogP contribution >= 0.6 is 0 Å². The number of aliphatic hydroxyl groups is 1. The number of carbonyl (C=O) groups is 1. The Kier molecular flexibility index (Phi) is 4.81. The molecule has 1 saturated heterocycles. The number of amides is 1. The maximum atomic E-state index is 11.5. The Hall–Kier alpha value is -1.79. The van der Waals surface area contributed by atoms with Gasteiger partial charge in [0.2, 0.25) is 0 Å². The molecule has 2 rings (SSSR count). The van der Waals surface area contributed by atoms with Gasteiger partial charge >= 0.3 is 0 Å². The molecule has 0 atom stereocenters. The Morgan fingerprint density at radius 2 is 2.10 bits per heavy atom. The van der Waals surface area contributed by atoms with E-state index in [1.165, 1.54) is 0 Å². The van der Waals surface area contributed by atoms with Gasteiger partial charge < -0.3 is 26.2 Å². The summed E-state index contributed by atoms with van der Waals surface area (Å²) in [5.41, 5.74) is 13.1. The highest BCUT2D eigenvalue weighted by molar-refractivity contribution is 5.99. The van der Waals surface area contributed by atoms with Crippen LogP contribution in [-0.2, 0) is 4.74 Å². The third kappa shape index (κ3) is 3.40. The number of hydrogen-bond donors (Lipinski definition) is 3. The number of nitrogens with zero attached hydrogens (tertiary/aromatic N) is 1. The van der Waals surface area contributed by atoms with Crippen molar-refractivity contribution in [2.24, 2.45) is 5.73 Å². The van der Waals surface area contributed by atoms with Crippen LogP contribution < -0.4 is 16.4 Å². The van der Waals surface area contributed by atoms with Gasteiger partial charge in [-0.25, -0.2) is 0 Å². The quantitative estimate of drug-likeness (QED) is 0.675. The van der Waals surface area contributed by atoms with Gasteiger partial charge in [-0.05, 0) is 31.0 Å². The first-order chi connectivity index (χ1) is 9.61. The van der Waals surface area contributed by atoms with Crippen molar-refractivity contribution in [2.75, 3.05) is 36.9 Å². The van der Waals surface area contributed by atoms with Gasteiger partial charge in [-0.15, -0.1) is 0 Å². The van der Waals surface area contributed by atoms with Gasteiger partial charge in [0.25, 0.3) is 5.91 Å². The van der Waals surface area contributed by atoms with Gasteiger partial charge in [0, 0.05) is 18.8 Å². The van der Waals surface area contributed by atoms with Crippen molar-refractivity contribution in [3.05, 3.63) is 23.8 Å².